The Bertz CT molecular complexity index is 1310. The molecule has 7 nitrogen and oxygen atoms in total. The lowest BCUT2D eigenvalue weighted by molar-refractivity contribution is -0.139. The zero-order chi connectivity index (χ0) is 27.0. The summed E-state index contributed by atoms with van der Waals surface area (Å²) in [5, 5.41) is 3.10. The van der Waals surface area contributed by atoms with Gasteiger partial charge in [0.1, 0.15) is 12.6 Å². The van der Waals surface area contributed by atoms with E-state index in [2.05, 4.69) is 5.32 Å². The molecular weight excluding hydrogens is 510 g/mol. The Kier molecular flexibility index (Phi) is 9.72. The number of anilines is 1. The van der Waals surface area contributed by atoms with E-state index in [4.69, 9.17) is 11.6 Å². The van der Waals surface area contributed by atoms with Gasteiger partial charge in [0, 0.05) is 25.0 Å². The van der Waals surface area contributed by atoms with Crippen molar-refractivity contribution in [2.24, 2.45) is 0 Å². The second-order valence-corrected chi connectivity index (χ2v) is 11.0. The molecule has 0 fully saturated rings. The van der Waals surface area contributed by atoms with Gasteiger partial charge in [-0.15, -0.1) is 0 Å². The second kappa shape index (κ2) is 12.7. The quantitative estimate of drug-likeness (QED) is 0.397. The van der Waals surface area contributed by atoms with Gasteiger partial charge in [-0.05, 0) is 41.3 Å². The molecule has 3 aromatic carbocycles. The van der Waals surface area contributed by atoms with Gasteiger partial charge in [0.25, 0.3) is 0 Å². The van der Waals surface area contributed by atoms with Gasteiger partial charge in [-0.2, -0.15) is 0 Å². The number of hydrogen-bond donors (Lipinski definition) is 1. The van der Waals surface area contributed by atoms with Crippen LogP contribution in [0.1, 0.15) is 23.6 Å². The lowest BCUT2D eigenvalue weighted by Gasteiger charge is -2.33. The number of sulfonamides is 1. The molecule has 3 rings (SSSR count). The first kappa shape index (κ1) is 28.2. The minimum absolute atomic E-state index is 0.0375. The number of likely N-dealkylation sites (N-methyl/N-ethyl adjacent to an activating group) is 1. The van der Waals surface area contributed by atoms with Gasteiger partial charge in [0.05, 0.1) is 11.9 Å². The van der Waals surface area contributed by atoms with Crippen molar-refractivity contribution in [1.82, 2.24) is 10.2 Å². The summed E-state index contributed by atoms with van der Waals surface area (Å²) in [6.07, 6.45) is 2.12. The Hall–Kier alpha value is -3.36. The molecule has 0 radical (unpaired) electrons. The highest BCUT2D eigenvalue weighted by Gasteiger charge is 2.32. The molecule has 37 heavy (non-hydrogen) atoms. The minimum atomic E-state index is -3.80. The van der Waals surface area contributed by atoms with Crippen molar-refractivity contribution in [3.63, 3.8) is 0 Å². The van der Waals surface area contributed by atoms with Crippen molar-refractivity contribution < 1.29 is 18.0 Å². The number of carbonyl (C=O) groups excluding carboxylic acids is 2. The first-order valence-corrected chi connectivity index (χ1v) is 14.2. The molecule has 0 spiro atoms. The highest BCUT2D eigenvalue weighted by atomic mass is 35.5. The van der Waals surface area contributed by atoms with Crippen molar-refractivity contribution in [2.45, 2.75) is 32.4 Å². The number of aryl methyl sites for hydroxylation is 1. The van der Waals surface area contributed by atoms with E-state index in [0.29, 0.717) is 16.3 Å². The molecule has 9 heteroatoms. The van der Waals surface area contributed by atoms with Gasteiger partial charge in [-0.3, -0.25) is 13.9 Å². The van der Waals surface area contributed by atoms with Crippen molar-refractivity contribution in [1.29, 1.82) is 0 Å². The summed E-state index contributed by atoms with van der Waals surface area (Å²) in [7, 11) is -2.29. The zero-order valence-electron chi connectivity index (χ0n) is 21.2. The van der Waals surface area contributed by atoms with Crippen LogP contribution in [0.3, 0.4) is 0 Å². The summed E-state index contributed by atoms with van der Waals surface area (Å²) in [5.74, 6) is -0.878. The molecule has 0 saturated heterocycles. The van der Waals surface area contributed by atoms with E-state index in [1.54, 1.807) is 36.4 Å². The fourth-order valence-corrected chi connectivity index (χ4v) is 5.09. The van der Waals surface area contributed by atoms with E-state index in [1.807, 2.05) is 49.4 Å². The summed E-state index contributed by atoms with van der Waals surface area (Å²) >= 11 is 6.41. The molecule has 1 N–H and O–H groups in total. The SMILES string of the molecule is CCc1ccc(N(CC(=O)N(Cc2ccccc2Cl)C(Cc2ccccc2)C(=O)NC)S(C)(=O)=O)cc1. The first-order valence-electron chi connectivity index (χ1n) is 12.0. The maximum atomic E-state index is 13.9. The summed E-state index contributed by atoms with van der Waals surface area (Å²) in [6.45, 7) is 1.58. The van der Waals surface area contributed by atoms with E-state index in [0.717, 1.165) is 28.1 Å². The number of carbonyl (C=O) groups is 2. The van der Waals surface area contributed by atoms with E-state index in [9.17, 15) is 18.0 Å². The molecule has 0 aliphatic heterocycles. The molecule has 0 saturated carbocycles. The number of rotatable bonds is 11. The third kappa shape index (κ3) is 7.57. The summed E-state index contributed by atoms with van der Waals surface area (Å²) in [4.78, 5) is 28.4. The lowest BCUT2D eigenvalue weighted by atomic mass is 10.0. The maximum absolute atomic E-state index is 13.9. The molecular formula is C28H32ClN3O4S. The number of amides is 2. The van der Waals surface area contributed by atoms with Gasteiger partial charge in [0.2, 0.25) is 21.8 Å². The zero-order valence-corrected chi connectivity index (χ0v) is 22.8. The Morgan fingerprint density at radius 2 is 1.54 bits per heavy atom. The van der Waals surface area contributed by atoms with Crippen LogP contribution in [0.15, 0.2) is 78.9 Å². The van der Waals surface area contributed by atoms with Crippen LogP contribution in [0, 0.1) is 0 Å². The van der Waals surface area contributed by atoms with Crippen molar-refractivity contribution in [2.75, 3.05) is 24.2 Å². The van der Waals surface area contributed by atoms with Crippen LogP contribution < -0.4 is 9.62 Å². The molecule has 0 bridgehead atoms. The molecule has 0 aliphatic carbocycles. The second-order valence-electron chi connectivity index (χ2n) is 8.72. The molecule has 0 heterocycles. The summed E-state index contributed by atoms with van der Waals surface area (Å²) in [5.41, 5.74) is 2.94. The highest BCUT2D eigenvalue weighted by molar-refractivity contribution is 7.92. The lowest BCUT2D eigenvalue weighted by Crippen LogP contribution is -2.52. The Balaban J connectivity index is 2.02. The smallest absolute Gasteiger partial charge is 0.244 e. The van der Waals surface area contributed by atoms with Crippen LogP contribution in [0.25, 0.3) is 0 Å². The number of benzene rings is 3. The predicted octanol–water partition coefficient (Wildman–Crippen LogP) is 4.05. The third-order valence-electron chi connectivity index (χ3n) is 6.13. The van der Waals surface area contributed by atoms with E-state index in [1.165, 1.54) is 11.9 Å². The predicted molar refractivity (Wildman–Crippen MR) is 148 cm³/mol. The largest absolute Gasteiger partial charge is 0.357 e. The fraction of sp³-hybridized carbons (Fsp3) is 0.286. The average Bonchev–Trinajstić information content (AvgIpc) is 2.89. The fourth-order valence-electron chi connectivity index (χ4n) is 4.04. The Labute approximate surface area is 224 Å². The molecule has 3 aromatic rings. The Morgan fingerprint density at radius 3 is 2.11 bits per heavy atom. The van der Waals surface area contributed by atoms with E-state index in [-0.39, 0.29) is 18.9 Å². The maximum Gasteiger partial charge on any atom is 0.244 e. The van der Waals surface area contributed by atoms with Gasteiger partial charge < -0.3 is 10.2 Å². The number of nitrogens with one attached hydrogen (secondary N) is 1. The molecule has 1 unspecified atom stereocenters. The molecule has 196 valence electrons. The first-order chi connectivity index (χ1) is 17.6. The van der Waals surface area contributed by atoms with Crippen molar-refractivity contribution in [3.8, 4) is 0 Å². The Morgan fingerprint density at radius 1 is 0.919 bits per heavy atom. The number of hydrogen-bond acceptors (Lipinski definition) is 4. The van der Waals surface area contributed by atoms with Gasteiger partial charge in [-0.1, -0.05) is 79.2 Å². The van der Waals surface area contributed by atoms with Crippen LogP contribution in [-0.2, 0) is 39.0 Å². The van der Waals surface area contributed by atoms with Gasteiger partial charge in [-0.25, -0.2) is 8.42 Å². The number of halogens is 1. The van der Waals surface area contributed by atoms with E-state index >= 15 is 0 Å². The molecule has 0 aliphatic rings. The van der Waals surface area contributed by atoms with Crippen LogP contribution in [0.4, 0.5) is 5.69 Å². The molecule has 2 amide bonds. The van der Waals surface area contributed by atoms with Crippen LogP contribution in [-0.4, -0.2) is 51.0 Å². The van der Waals surface area contributed by atoms with Crippen LogP contribution >= 0.6 is 11.6 Å². The molecule has 1 atom stereocenters. The summed E-state index contributed by atoms with van der Waals surface area (Å²) in [6, 6.07) is 22.6. The van der Waals surface area contributed by atoms with Crippen molar-refractivity contribution in [3.05, 3.63) is 101 Å². The monoisotopic (exact) mass is 541 g/mol. The van der Waals surface area contributed by atoms with Crippen LogP contribution in [0.2, 0.25) is 5.02 Å². The van der Waals surface area contributed by atoms with Crippen molar-refractivity contribution >= 4 is 39.1 Å². The molecule has 0 aromatic heterocycles. The van der Waals surface area contributed by atoms with Gasteiger partial charge in [0.15, 0.2) is 0 Å². The normalized spacial score (nSPS) is 12.0. The van der Waals surface area contributed by atoms with Crippen LogP contribution in [0.5, 0.6) is 0 Å². The van der Waals surface area contributed by atoms with Gasteiger partial charge >= 0.3 is 0 Å². The average molecular weight is 542 g/mol. The number of nitrogens with zero attached hydrogens (tertiary/aromatic N) is 2. The topological polar surface area (TPSA) is 86.8 Å². The highest BCUT2D eigenvalue weighted by Crippen LogP contribution is 2.23. The van der Waals surface area contributed by atoms with E-state index < -0.39 is 28.5 Å². The standard InChI is InChI=1S/C28H32ClN3O4S/c1-4-21-14-16-24(17-15-21)32(37(3,35)36)20-27(33)31(19-23-12-8-9-13-25(23)29)26(28(34)30-2)18-22-10-6-5-7-11-22/h5-17,26H,4,18-20H2,1-3H3,(H,30,34). The third-order valence-corrected chi connectivity index (χ3v) is 7.64. The minimum Gasteiger partial charge on any atom is -0.357 e. The summed E-state index contributed by atoms with van der Waals surface area (Å²) < 4.78 is 26.6.